The average Bonchev–Trinajstić information content (AvgIpc) is 3.12. The van der Waals surface area contributed by atoms with Crippen molar-refractivity contribution in [2.45, 2.75) is 6.92 Å². The Morgan fingerprint density at radius 3 is 2.57 bits per heavy atom. The monoisotopic (exact) mass is 398 g/mol. The Morgan fingerprint density at radius 2 is 1.80 bits per heavy atom. The Bertz CT molecular complexity index is 1360. The van der Waals surface area contributed by atoms with Crippen LogP contribution in [-0.4, -0.2) is 28.2 Å². The zero-order valence-corrected chi connectivity index (χ0v) is 16.2. The van der Waals surface area contributed by atoms with E-state index in [1.807, 2.05) is 54.6 Å². The van der Waals surface area contributed by atoms with Crippen LogP contribution in [0.4, 0.5) is 11.4 Å². The van der Waals surface area contributed by atoms with Crippen molar-refractivity contribution in [2.75, 3.05) is 11.9 Å². The van der Waals surface area contributed by atoms with E-state index in [0.717, 1.165) is 22.1 Å². The van der Waals surface area contributed by atoms with Crippen molar-refractivity contribution >= 4 is 34.0 Å². The summed E-state index contributed by atoms with van der Waals surface area (Å²) >= 11 is 0. The third-order valence-electron chi connectivity index (χ3n) is 4.99. The highest BCUT2D eigenvalue weighted by molar-refractivity contribution is 6.21. The third-order valence-corrected chi connectivity index (χ3v) is 4.99. The molecule has 0 saturated heterocycles. The van der Waals surface area contributed by atoms with Crippen molar-refractivity contribution in [3.8, 4) is 5.69 Å². The second-order valence-corrected chi connectivity index (χ2v) is 6.82. The summed E-state index contributed by atoms with van der Waals surface area (Å²) in [6.07, 6.45) is 0. The molecule has 0 aliphatic carbocycles. The lowest BCUT2D eigenvalue weighted by Gasteiger charge is -2.18. The van der Waals surface area contributed by atoms with Gasteiger partial charge >= 0.3 is 5.97 Å². The van der Waals surface area contributed by atoms with Crippen molar-refractivity contribution in [3.05, 3.63) is 88.3 Å². The first-order chi connectivity index (χ1) is 14.7. The molecule has 0 unspecified atom stereocenters. The summed E-state index contributed by atoms with van der Waals surface area (Å²) in [4.78, 5) is 30.7. The number of aromatic nitrogens is 2. The molecule has 1 aromatic heterocycles. The number of aliphatic imine (C=N–C) groups is 1. The van der Waals surface area contributed by atoms with Crippen LogP contribution in [0.25, 0.3) is 16.5 Å². The SMILES string of the molecule is CCOC(=O)c1[nH]n(-c2ccccc2)c(=O)c1C1=Nc2cccc3cccc(c23)N1. The van der Waals surface area contributed by atoms with Crippen LogP contribution in [0.1, 0.15) is 23.0 Å². The average molecular weight is 398 g/mol. The van der Waals surface area contributed by atoms with Crippen LogP contribution in [-0.2, 0) is 4.74 Å². The van der Waals surface area contributed by atoms with E-state index in [0.29, 0.717) is 11.5 Å². The molecule has 30 heavy (non-hydrogen) atoms. The quantitative estimate of drug-likeness (QED) is 0.509. The molecule has 7 nitrogen and oxygen atoms in total. The molecule has 148 valence electrons. The molecule has 5 rings (SSSR count). The summed E-state index contributed by atoms with van der Waals surface area (Å²) in [6.45, 7) is 1.91. The molecule has 1 aliphatic heterocycles. The van der Waals surface area contributed by atoms with Gasteiger partial charge < -0.3 is 10.1 Å². The molecular weight excluding hydrogens is 380 g/mol. The second kappa shape index (κ2) is 7.04. The molecule has 0 atom stereocenters. The van der Waals surface area contributed by atoms with Gasteiger partial charge in [-0.25, -0.2) is 14.5 Å². The standard InChI is InChI=1S/C23H18N4O3/c1-2-30-23(29)20-19(22(28)27(26-20)15-10-4-3-5-11-15)21-24-16-12-6-8-14-9-7-13-17(25-21)18(14)16/h3-13,26H,2H2,1H3,(H,24,25). The highest BCUT2D eigenvalue weighted by Gasteiger charge is 2.28. The van der Waals surface area contributed by atoms with Gasteiger partial charge in [-0.1, -0.05) is 42.5 Å². The Kier molecular flexibility index (Phi) is 4.21. The number of para-hydroxylation sites is 1. The first-order valence-electron chi connectivity index (χ1n) is 9.62. The number of nitrogens with zero attached hydrogens (tertiary/aromatic N) is 2. The fraction of sp³-hybridized carbons (Fsp3) is 0.0870. The molecule has 1 aliphatic rings. The summed E-state index contributed by atoms with van der Waals surface area (Å²) in [5, 5.41) is 8.15. The molecule has 0 saturated carbocycles. The summed E-state index contributed by atoms with van der Waals surface area (Å²) in [6, 6.07) is 20.7. The number of esters is 1. The first kappa shape index (κ1) is 17.9. The van der Waals surface area contributed by atoms with E-state index in [9.17, 15) is 9.59 Å². The molecule has 2 heterocycles. The minimum absolute atomic E-state index is 0.0588. The number of rotatable bonds is 4. The van der Waals surface area contributed by atoms with E-state index in [-0.39, 0.29) is 23.4 Å². The number of aromatic amines is 1. The van der Waals surface area contributed by atoms with E-state index < -0.39 is 5.97 Å². The second-order valence-electron chi connectivity index (χ2n) is 6.82. The fourth-order valence-corrected chi connectivity index (χ4v) is 3.68. The number of amidine groups is 1. The van der Waals surface area contributed by atoms with Crippen molar-refractivity contribution < 1.29 is 9.53 Å². The number of ether oxygens (including phenoxy) is 1. The van der Waals surface area contributed by atoms with Gasteiger partial charge in [0.2, 0.25) is 0 Å². The number of nitrogens with one attached hydrogen (secondary N) is 2. The summed E-state index contributed by atoms with van der Waals surface area (Å²) in [7, 11) is 0. The van der Waals surface area contributed by atoms with Gasteiger partial charge in [0.25, 0.3) is 5.56 Å². The van der Waals surface area contributed by atoms with Gasteiger partial charge in [0.1, 0.15) is 11.4 Å². The Balaban J connectivity index is 1.73. The van der Waals surface area contributed by atoms with E-state index in [1.165, 1.54) is 4.68 Å². The minimum atomic E-state index is -0.610. The predicted octanol–water partition coefficient (Wildman–Crippen LogP) is 4.00. The number of carbonyl (C=O) groups excluding carboxylic acids is 1. The van der Waals surface area contributed by atoms with Crippen molar-refractivity contribution in [1.82, 2.24) is 9.78 Å². The first-order valence-corrected chi connectivity index (χ1v) is 9.62. The van der Waals surface area contributed by atoms with Gasteiger partial charge in [-0.3, -0.25) is 9.89 Å². The number of hydrogen-bond donors (Lipinski definition) is 2. The Hall–Kier alpha value is -4.13. The normalized spacial score (nSPS) is 12.4. The van der Waals surface area contributed by atoms with Crippen LogP contribution in [0.15, 0.2) is 76.5 Å². The minimum Gasteiger partial charge on any atom is -0.461 e. The highest BCUT2D eigenvalue weighted by atomic mass is 16.5. The third kappa shape index (κ3) is 2.79. The Labute approximate surface area is 171 Å². The zero-order chi connectivity index (χ0) is 20.7. The lowest BCUT2D eigenvalue weighted by molar-refractivity contribution is 0.0518. The number of benzene rings is 3. The number of hydrogen-bond acceptors (Lipinski definition) is 5. The van der Waals surface area contributed by atoms with E-state index in [4.69, 9.17) is 4.74 Å². The van der Waals surface area contributed by atoms with Crippen LogP contribution >= 0.6 is 0 Å². The maximum absolute atomic E-state index is 13.4. The van der Waals surface area contributed by atoms with Gasteiger partial charge in [0.05, 0.1) is 18.0 Å². The van der Waals surface area contributed by atoms with Crippen molar-refractivity contribution in [2.24, 2.45) is 4.99 Å². The summed E-state index contributed by atoms with van der Waals surface area (Å²) in [5.41, 5.74) is 1.99. The molecule has 0 fully saturated rings. The molecule has 0 bridgehead atoms. The Morgan fingerprint density at radius 1 is 1.03 bits per heavy atom. The largest absolute Gasteiger partial charge is 0.461 e. The van der Waals surface area contributed by atoms with Crippen molar-refractivity contribution in [3.63, 3.8) is 0 Å². The fourth-order valence-electron chi connectivity index (χ4n) is 3.68. The maximum atomic E-state index is 13.4. The maximum Gasteiger partial charge on any atom is 0.357 e. The van der Waals surface area contributed by atoms with Gasteiger partial charge in [-0.05, 0) is 36.6 Å². The molecule has 3 aromatic carbocycles. The molecule has 7 heteroatoms. The van der Waals surface area contributed by atoms with E-state index in [1.54, 1.807) is 19.1 Å². The number of anilines is 1. The lowest BCUT2D eigenvalue weighted by Crippen LogP contribution is -2.27. The zero-order valence-electron chi connectivity index (χ0n) is 16.2. The summed E-state index contributed by atoms with van der Waals surface area (Å²) in [5.74, 6) is -0.305. The smallest absolute Gasteiger partial charge is 0.357 e. The van der Waals surface area contributed by atoms with Gasteiger partial charge in [0.15, 0.2) is 5.69 Å². The topological polar surface area (TPSA) is 88.5 Å². The van der Waals surface area contributed by atoms with Crippen LogP contribution in [0.2, 0.25) is 0 Å². The molecule has 4 aromatic rings. The van der Waals surface area contributed by atoms with Crippen LogP contribution < -0.4 is 10.9 Å². The lowest BCUT2D eigenvalue weighted by atomic mass is 10.0. The molecule has 0 amide bonds. The van der Waals surface area contributed by atoms with Crippen LogP contribution in [0.5, 0.6) is 0 Å². The highest BCUT2D eigenvalue weighted by Crippen LogP contribution is 2.36. The van der Waals surface area contributed by atoms with Crippen LogP contribution in [0.3, 0.4) is 0 Å². The molecule has 0 spiro atoms. The number of H-pyrrole nitrogens is 1. The van der Waals surface area contributed by atoms with E-state index in [2.05, 4.69) is 15.4 Å². The van der Waals surface area contributed by atoms with Gasteiger partial charge in [-0.15, -0.1) is 0 Å². The van der Waals surface area contributed by atoms with Gasteiger partial charge in [-0.2, -0.15) is 0 Å². The van der Waals surface area contributed by atoms with Crippen LogP contribution in [0, 0.1) is 0 Å². The van der Waals surface area contributed by atoms with Crippen molar-refractivity contribution in [1.29, 1.82) is 0 Å². The summed E-state index contributed by atoms with van der Waals surface area (Å²) < 4.78 is 6.51. The number of carbonyl (C=O) groups is 1. The van der Waals surface area contributed by atoms with Gasteiger partial charge in [0, 0.05) is 11.1 Å². The molecular formula is C23H18N4O3. The molecule has 2 N–H and O–H groups in total. The predicted molar refractivity (Wildman–Crippen MR) is 116 cm³/mol. The molecule has 0 radical (unpaired) electrons. The van der Waals surface area contributed by atoms with E-state index >= 15 is 0 Å².